The number of carbonyl (C=O) groups excluding carboxylic acids is 2. The summed E-state index contributed by atoms with van der Waals surface area (Å²) < 4.78 is 13.1. The number of likely N-dealkylation sites (tertiary alicyclic amines) is 1. The van der Waals surface area contributed by atoms with Crippen molar-refractivity contribution >= 4 is 28.9 Å². The molecule has 2 aliphatic rings. The summed E-state index contributed by atoms with van der Waals surface area (Å²) in [5.74, 6) is -0.0708. The van der Waals surface area contributed by atoms with Crippen LogP contribution in [0.4, 0.5) is 17.1 Å². The summed E-state index contributed by atoms with van der Waals surface area (Å²) in [7, 11) is 0. The minimum absolute atomic E-state index is 0.0181. The topological polar surface area (TPSA) is 126 Å². The fraction of sp³-hybridized carbons (Fsp3) is 0.487. The van der Waals surface area contributed by atoms with Gasteiger partial charge in [0.2, 0.25) is 11.8 Å². The largest absolute Gasteiger partial charge is 0.397 e. The van der Waals surface area contributed by atoms with E-state index >= 15 is 0 Å². The SMILES string of the molecule is Nc1ccccc1NC(=O)CCCCCCC(=O)Nc1ccc(C2OC(CN3CCCCCCC3)CC(c3ccc(CO)cc3)O2)cc1. The Hall–Kier alpha value is -3.76. The van der Waals surface area contributed by atoms with Crippen molar-refractivity contribution in [3.63, 3.8) is 0 Å². The summed E-state index contributed by atoms with van der Waals surface area (Å²) in [6.45, 7) is 3.12. The summed E-state index contributed by atoms with van der Waals surface area (Å²) in [5.41, 5.74) is 10.7. The quantitative estimate of drug-likeness (QED) is 0.105. The first-order valence-electron chi connectivity index (χ1n) is 17.7. The molecule has 0 spiro atoms. The zero-order valence-electron chi connectivity index (χ0n) is 28.1. The molecule has 3 aromatic carbocycles. The first kappa shape index (κ1) is 35.5. The second-order valence-electron chi connectivity index (χ2n) is 13.1. The molecule has 2 aliphatic heterocycles. The first-order chi connectivity index (χ1) is 23.5. The molecule has 9 nitrogen and oxygen atoms in total. The van der Waals surface area contributed by atoms with Crippen molar-refractivity contribution in [2.75, 3.05) is 36.0 Å². The molecule has 258 valence electrons. The third kappa shape index (κ3) is 11.2. The van der Waals surface area contributed by atoms with E-state index in [1.54, 1.807) is 12.1 Å². The van der Waals surface area contributed by atoms with Crippen molar-refractivity contribution in [2.24, 2.45) is 0 Å². The molecule has 2 heterocycles. The highest BCUT2D eigenvalue weighted by molar-refractivity contribution is 5.93. The van der Waals surface area contributed by atoms with E-state index in [0.717, 1.165) is 74.1 Å². The standard InChI is InChI=1S/C39H52N4O5/c40-34-12-8-9-13-35(34)42-38(46)15-7-3-2-6-14-37(45)41-32-22-20-31(21-23-32)39-47-33(27-43-24-10-4-1-5-11-25-43)26-36(48-39)30-18-16-29(28-44)17-19-30/h8-9,12-13,16-23,33,36,39,44H,1-7,10-11,14-15,24-28,40H2,(H,41,45)(H,42,46). The van der Waals surface area contributed by atoms with Gasteiger partial charge in [-0.3, -0.25) is 9.59 Å². The van der Waals surface area contributed by atoms with Crippen molar-refractivity contribution < 1.29 is 24.2 Å². The summed E-state index contributed by atoms with van der Waals surface area (Å²) in [6, 6.07) is 23.0. The number of para-hydroxylation sites is 2. The van der Waals surface area contributed by atoms with Crippen LogP contribution in [0.2, 0.25) is 0 Å². The number of rotatable bonds is 14. The van der Waals surface area contributed by atoms with Gasteiger partial charge in [0, 0.05) is 37.1 Å². The third-order valence-electron chi connectivity index (χ3n) is 9.28. The minimum atomic E-state index is -0.516. The fourth-order valence-corrected chi connectivity index (χ4v) is 6.51. The number of nitrogens with two attached hydrogens (primary N) is 1. The summed E-state index contributed by atoms with van der Waals surface area (Å²) in [6.07, 6.45) is 10.7. The van der Waals surface area contributed by atoms with E-state index in [2.05, 4.69) is 15.5 Å². The van der Waals surface area contributed by atoms with E-state index in [0.29, 0.717) is 24.2 Å². The lowest BCUT2D eigenvalue weighted by molar-refractivity contribution is -0.253. The average Bonchev–Trinajstić information content (AvgIpc) is 3.09. The Balaban J connectivity index is 1.08. The Kier molecular flexibility index (Phi) is 13.8. The zero-order chi connectivity index (χ0) is 33.6. The van der Waals surface area contributed by atoms with Gasteiger partial charge >= 0.3 is 0 Å². The molecular weight excluding hydrogens is 604 g/mol. The first-order valence-corrected chi connectivity index (χ1v) is 17.7. The van der Waals surface area contributed by atoms with E-state index < -0.39 is 6.29 Å². The molecule has 48 heavy (non-hydrogen) atoms. The number of hydrogen-bond acceptors (Lipinski definition) is 7. The molecule has 0 bridgehead atoms. The van der Waals surface area contributed by atoms with Crippen molar-refractivity contribution in [1.29, 1.82) is 0 Å². The smallest absolute Gasteiger partial charge is 0.224 e. The van der Waals surface area contributed by atoms with Gasteiger partial charge in [-0.1, -0.05) is 80.6 Å². The molecule has 5 rings (SSSR count). The Labute approximate surface area is 285 Å². The number of nitrogens with one attached hydrogen (secondary N) is 2. The van der Waals surface area contributed by atoms with E-state index in [1.165, 1.54) is 32.1 Å². The van der Waals surface area contributed by atoms with Crippen molar-refractivity contribution in [1.82, 2.24) is 4.90 Å². The predicted molar refractivity (Wildman–Crippen MR) is 190 cm³/mol. The highest BCUT2D eigenvalue weighted by atomic mass is 16.7. The summed E-state index contributed by atoms with van der Waals surface area (Å²) in [4.78, 5) is 27.4. The number of nitrogen functional groups attached to an aromatic ring is 1. The molecule has 3 atom stereocenters. The third-order valence-corrected chi connectivity index (χ3v) is 9.28. The maximum Gasteiger partial charge on any atom is 0.224 e. The molecule has 0 aromatic heterocycles. The Bertz CT molecular complexity index is 1420. The number of anilines is 3. The number of aliphatic hydroxyl groups is 1. The van der Waals surface area contributed by atoms with Gasteiger partial charge in [-0.15, -0.1) is 0 Å². The maximum atomic E-state index is 12.6. The Morgan fingerprint density at radius 2 is 1.38 bits per heavy atom. The highest BCUT2D eigenvalue weighted by Crippen LogP contribution is 2.38. The molecule has 0 radical (unpaired) electrons. The number of benzene rings is 3. The van der Waals surface area contributed by atoms with Crippen LogP contribution in [0.25, 0.3) is 0 Å². The molecule has 5 N–H and O–H groups in total. The molecule has 3 aromatic rings. The average molecular weight is 657 g/mol. The van der Waals surface area contributed by atoms with Gasteiger partial charge in [-0.25, -0.2) is 0 Å². The van der Waals surface area contributed by atoms with Gasteiger partial charge in [0.1, 0.15) is 0 Å². The predicted octanol–water partition coefficient (Wildman–Crippen LogP) is 7.49. The van der Waals surface area contributed by atoms with Gasteiger partial charge in [-0.05, 0) is 74.2 Å². The van der Waals surface area contributed by atoms with Crippen LogP contribution in [0.15, 0.2) is 72.8 Å². The lowest BCUT2D eigenvalue weighted by Gasteiger charge is -2.38. The van der Waals surface area contributed by atoms with E-state index in [9.17, 15) is 14.7 Å². The van der Waals surface area contributed by atoms with Crippen LogP contribution in [0, 0.1) is 0 Å². The lowest BCUT2D eigenvalue weighted by atomic mass is 9.99. The normalized spacial score (nSPS) is 20.4. The van der Waals surface area contributed by atoms with Crippen LogP contribution in [0.1, 0.15) is 106 Å². The molecule has 0 aliphatic carbocycles. The van der Waals surface area contributed by atoms with Crippen molar-refractivity contribution in [2.45, 2.75) is 102 Å². The summed E-state index contributed by atoms with van der Waals surface area (Å²) in [5, 5.41) is 15.4. The number of unbranched alkanes of at least 4 members (excludes halogenated alkanes) is 3. The number of aliphatic hydroxyl groups excluding tert-OH is 1. The van der Waals surface area contributed by atoms with Crippen molar-refractivity contribution in [3.8, 4) is 0 Å². The Morgan fingerprint density at radius 3 is 2.04 bits per heavy atom. The molecular formula is C39H52N4O5. The van der Waals surface area contributed by atoms with Gasteiger partial charge in [-0.2, -0.15) is 0 Å². The number of carbonyl (C=O) groups is 2. The molecule has 2 amide bonds. The van der Waals surface area contributed by atoms with Crippen LogP contribution < -0.4 is 16.4 Å². The van der Waals surface area contributed by atoms with Crippen LogP contribution >= 0.6 is 0 Å². The van der Waals surface area contributed by atoms with Crippen LogP contribution in [0.3, 0.4) is 0 Å². The highest BCUT2D eigenvalue weighted by Gasteiger charge is 2.33. The van der Waals surface area contributed by atoms with E-state index in [4.69, 9.17) is 15.2 Å². The molecule has 2 saturated heterocycles. The molecule has 0 saturated carbocycles. The van der Waals surface area contributed by atoms with Crippen LogP contribution in [0.5, 0.6) is 0 Å². The number of nitrogens with zero attached hydrogens (tertiary/aromatic N) is 1. The second-order valence-corrected chi connectivity index (χ2v) is 13.1. The maximum absolute atomic E-state index is 12.6. The molecule has 3 unspecified atom stereocenters. The van der Waals surface area contributed by atoms with Gasteiger partial charge in [0.15, 0.2) is 6.29 Å². The molecule has 9 heteroatoms. The number of ether oxygens (including phenoxy) is 2. The van der Waals surface area contributed by atoms with E-state index in [1.807, 2.05) is 60.7 Å². The second kappa shape index (κ2) is 18.7. The van der Waals surface area contributed by atoms with Gasteiger partial charge < -0.3 is 35.8 Å². The van der Waals surface area contributed by atoms with E-state index in [-0.39, 0.29) is 30.6 Å². The summed E-state index contributed by atoms with van der Waals surface area (Å²) >= 11 is 0. The number of hydrogen-bond donors (Lipinski definition) is 4. The molecule has 2 fully saturated rings. The van der Waals surface area contributed by atoms with Crippen LogP contribution in [-0.4, -0.2) is 47.6 Å². The van der Waals surface area contributed by atoms with Gasteiger partial charge in [0.05, 0.1) is 30.2 Å². The fourth-order valence-electron chi connectivity index (χ4n) is 6.51. The van der Waals surface area contributed by atoms with Gasteiger partial charge in [0.25, 0.3) is 0 Å². The Morgan fingerprint density at radius 1 is 0.750 bits per heavy atom. The van der Waals surface area contributed by atoms with Crippen molar-refractivity contribution in [3.05, 3.63) is 89.5 Å². The number of amides is 2. The zero-order valence-corrected chi connectivity index (χ0v) is 28.1. The minimum Gasteiger partial charge on any atom is -0.397 e. The monoisotopic (exact) mass is 656 g/mol. The lowest BCUT2D eigenvalue weighted by Crippen LogP contribution is -2.40. The van der Waals surface area contributed by atoms with Crippen LogP contribution in [-0.2, 0) is 25.7 Å².